The van der Waals surface area contributed by atoms with Gasteiger partial charge in [0, 0.05) is 17.5 Å². The second-order valence-electron chi connectivity index (χ2n) is 5.94. The number of hydrogen-bond acceptors (Lipinski definition) is 6. The van der Waals surface area contributed by atoms with Crippen LogP contribution in [0.5, 0.6) is 11.5 Å². The van der Waals surface area contributed by atoms with Crippen molar-refractivity contribution in [1.29, 1.82) is 0 Å². The minimum Gasteiger partial charge on any atom is -0.496 e. The van der Waals surface area contributed by atoms with Crippen LogP contribution in [0.15, 0.2) is 47.2 Å². The third-order valence-electron chi connectivity index (χ3n) is 4.20. The molecule has 0 heterocycles. The summed E-state index contributed by atoms with van der Waals surface area (Å²) in [6, 6.07) is 5.19. The molecule has 0 aliphatic rings. The van der Waals surface area contributed by atoms with Crippen LogP contribution in [0, 0.1) is 0 Å². The maximum Gasteiger partial charge on any atom is 0.295 e. The average Bonchev–Trinajstić information content (AvgIpc) is 2.65. The highest BCUT2D eigenvalue weighted by molar-refractivity contribution is 7.86. The van der Waals surface area contributed by atoms with E-state index in [0.29, 0.717) is 11.1 Å². The lowest BCUT2D eigenvalue weighted by Crippen LogP contribution is -2.07. The predicted octanol–water partition coefficient (Wildman–Crippen LogP) is 3.07. The quantitative estimate of drug-likeness (QED) is 0.600. The molecule has 2 N–H and O–H groups in total. The van der Waals surface area contributed by atoms with E-state index in [1.165, 1.54) is 50.6 Å². The number of hydrogen-bond donors (Lipinski definition) is 2. The Bertz CT molecular complexity index is 1090. The Balaban J connectivity index is 2.76. The second-order valence-corrected chi connectivity index (χ2v) is 8.72. The number of ether oxygens (including phenoxy) is 2. The Kier molecular flexibility index (Phi) is 6.53. The molecule has 29 heavy (non-hydrogen) atoms. The fourth-order valence-corrected chi connectivity index (χ4v) is 4.33. The van der Waals surface area contributed by atoms with E-state index < -0.39 is 20.2 Å². The van der Waals surface area contributed by atoms with Crippen LogP contribution < -0.4 is 9.47 Å². The molecular formula is C19H20O8S2. The first kappa shape index (κ1) is 22.6. The molecule has 2 aromatic carbocycles. The normalized spacial score (nSPS) is 11.7. The lowest BCUT2D eigenvalue weighted by molar-refractivity contribution is 0.404. The van der Waals surface area contributed by atoms with Crippen molar-refractivity contribution < 1.29 is 35.4 Å². The summed E-state index contributed by atoms with van der Waals surface area (Å²) in [5.74, 6) is 0.575. The van der Waals surface area contributed by atoms with Crippen molar-refractivity contribution in [3.63, 3.8) is 0 Å². The van der Waals surface area contributed by atoms with Crippen LogP contribution in [0.1, 0.15) is 22.3 Å². The van der Waals surface area contributed by atoms with Gasteiger partial charge in [-0.05, 0) is 35.4 Å². The molecule has 2 aromatic rings. The van der Waals surface area contributed by atoms with Crippen molar-refractivity contribution in [1.82, 2.24) is 0 Å². The van der Waals surface area contributed by atoms with Crippen molar-refractivity contribution in [2.75, 3.05) is 14.2 Å². The molecule has 156 valence electrons. The summed E-state index contributed by atoms with van der Waals surface area (Å²) < 4.78 is 76.5. The SMILES string of the molecule is C=Cc1cc(OC)c(Cc2cc(S(=O)(=O)O)c(C=C)cc2OC)cc1S(=O)(=O)O. The van der Waals surface area contributed by atoms with E-state index in [-0.39, 0.29) is 38.8 Å². The van der Waals surface area contributed by atoms with Gasteiger partial charge in [-0.1, -0.05) is 25.3 Å². The third kappa shape index (κ3) is 4.85. The molecule has 0 aromatic heterocycles. The Hall–Kier alpha value is -2.66. The first-order valence-electron chi connectivity index (χ1n) is 8.08. The van der Waals surface area contributed by atoms with Gasteiger partial charge in [-0.2, -0.15) is 16.8 Å². The van der Waals surface area contributed by atoms with E-state index in [2.05, 4.69) is 13.2 Å². The zero-order chi connectivity index (χ0) is 22.0. The van der Waals surface area contributed by atoms with Crippen LogP contribution in [0.2, 0.25) is 0 Å². The molecule has 2 rings (SSSR count). The Morgan fingerprint density at radius 2 is 1.14 bits per heavy atom. The summed E-state index contributed by atoms with van der Waals surface area (Å²) in [5, 5.41) is 0. The van der Waals surface area contributed by atoms with Crippen molar-refractivity contribution in [3.8, 4) is 11.5 Å². The van der Waals surface area contributed by atoms with Crippen molar-refractivity contribution >= 4 is 32.4 Å². The third-order valence-corrected chi connectivity index (χ3v) is 6.02. The van der Waals surface area contributed by atoms with Crippen LogP contribution in [-0.4, -0.2) is 40.2 Å². The van der Waals surface area contributed by atoms with Crippen LogP contribution in [0.25, 0.3) is 12.2 Å². The first-order valence-corrected chi connectivity index (χ1v) is 11.0. The topological polar surface area (TPSA) is 127 Å². The molecule has 0 spiro atoms. The van der Waals surface area contributed by atoms with Gasteiger partial charge in [-0.25, -0.2) is 0 Å². The molecule has 0 amide bonds. The second kappa shape index (κ2) is 8.37. The van der Waals surface area contributed by atoms with E-state index in [0.717, 1.165) is 0 Å². The number of methoxy groups -OCH3 is 2. The van der Waals surface area contributed by atoms with Crippen molar-refractivity contribution in [2.24, 2.45) is 0 Å². The van der Waals surface area contributed by atoms with Crippen LogP contribution >= 0.6 is 0 Å². The van der Waals surface area contributed by atoms with Gasteiger partial charge in [-0.3, -0.25) is 9.11 Å². The fraction of sp³-hybridized carbons (Fsp3) is 0.158. The maximum absolute atomic E-state index is 11.7. The average molecular weight is 440 g/mol. The highest BCUT2D eigenvalue weighted by Crippen LogP contribution is 2.34. The van der Waals surface area contributed by atoms with Gasteiger partial charge < -0.3 is 9.47 Å². The summed E-state index contributed by atoms with van der Waals surface area (Å²) >= 11 is 0. The molecule has 0 bridgehead atoms. The molecule has 0 saturated heterocycles. The van der Waals surface area contributed by atoms with E-state index >= 15 is 0 Å². The lowest BCUT2D eigenvalue weighted by Gasteiger charge is -2.16. The van der Waals surface area contributed by atoms with E-state index in [1.807, 2.05) is 0 Å². The molecule has 0 fully saturated rings. The number of rotatable bonds is 8. The lowest BCUT2D eigenvalue weighted by atomic mass is 10.00. The van der Waals surface area contributed by atoms with Crippen LogP contribution in [0.4, 0.5) is 0 Å². The maximum atomic E-state index is 11.7. The molecule has 10 heteroatoms. The Morgan fingerprint density at radius 3 is 1.38 bits per heavy atom. The summed E-state index contributed by atoms with van der Waals surface area (Å²) in [6.45, 7) is 7.05. The highest BCUT2D eigenvalue weighted by atomic mass is 32.2. The molecule has 0 saturated carbocycles. The van der Waals surface area contributed by atoms with E-state index in [9.17, 15) is 25.9 Å². The van der Waals surface area contributed by atoms with Crippen LogP contribution in [-0.2, 0) is 26.7 Å². The standard InChI is InChI=1S/C19H20O8S2/c1-5-12-8-16(26-3)14(10-18(12)28(20,21)22)7-15-11-19(29(23,24)25)13(6-2)9-17(15)27-4/h5-6,8-11H,1-2,7H2,3-4H3,(H,20,21,22)(H,23,24,25). The fourth-order valence-electron chi connectivity index (χ4n) is 2.86. The van der Waals surface area contributed by atoms with Gasteiger partial charge in [0.1, 0.15) is 21.3 Å². The largest absolute Gasteiger partial charge is 0.496 e. The predicted molar refractivity (Wildman–Crippen MR) is 109 cm³/mol. The van der Waals surface area contributed by atoms with Gasteiger partial charge in [-0.15, -0.1) is 0 Å². The minimum absolute atomic E-state index is 0.0216. The molecule has 0 radical (unpaired) electrons. The molecule has 0 atom stereocenters. The highest BCUT2D eigenvalue weighted by Gasteiger charge is 2.22. The summed E-state index contributed by atoms with van der Waals surface area (Å²) in [4.78, 5) is -0.750. The van der Waals surface area contributed by atoms with E-state index in [1.54, 1.807) is 0 Å². The van der Waals surface area contributed by atoms with Gasteiger partial charge in [0.2, 0.25) is 0 Å². The Morgan fingerprint density at radius 1 is 0.793 bits per heavy atom. The zero-order valence-corrected chi connectivity index (χ0v) is 17.4. The smallest absolute Gasteiger partial charge is 0.295 e. The van der Waals surface area contributed by atoms with Gasteiger partial charge in [0.05, 0.1) is 14.2 Å². The van der Waals surface area contributed by atoms with Crippen molar-refractivity contribution in [3.05, 3.63) is 59.7 Å². The van der Waals surface area contributed by atoms with Gasteiger partial charge >= 0.3 is 0 Å². The molecular weight excluding hydrogens is 420 g/mol. The van der Waals surface area contributed by atoms with E-state index in [4.69, 9.17) is 9.47 Å². The Labute approximate surface area is 169 Å². The first-order chi connectivity index (χ1) is 13.5. The summed E-state index contributed by atoms with van der Waals surface area (Å²) in [6.07, 6.45) is 2.49. The molecule has 0 aliphatic carbocycles. The molecule has 0 unspecified atom stereocenters. The van der Waals surface area contributed by atoms with Crippen molar-refractivity contribution in [2.45, 2.75) is 16.2 Å². The minimum atomic E-state index is -4.55. The monoisotopic (exact) mass is 440 g/mol. The van der Waals surface area contributed by atoms with Gasteiger partial charge in [0.25, 0.3) is 20.2 Å². The molecule has 8 nitrogen and oxygen atoms in total. The number of benzene rings is 2. The summed E-state index contributed by atoms with van der Waals surface area (Å²) in [7, 11) is -6.35. The zero-order valence-electron chi connectivity index (χ0n) is 15.7. The molecule has 0 aliphatic heterocycles. The van der Waals surface area contributed by atoms with Crippen LogP contribution in [0.3, 0.4) is 0 Å². The van der Waals surface area contributed by atoms with Gasteiger partial charge in [0.15, 0.2) is 0 Å². The summed E-state index contributed by atoms with van der Waals surface area (Å²) in [5.41, 5.74) is 0.940.